The zero-order chi connectivity index (χ0) is 34.4. The summed E-state index contributed by atoms with van der Waals surface area (Å²) >= 11 is 0. The molecule has 1 aliphatic heterocycles. The maximum Gasteiger partial charge on any atom is 0.303 e. The maximum absolute atomic E-state index is 12.5. The van der Waals surface area contributed by atoms with E-state index in [0.717, 1.165) is 29.2 Å². The molecule has 0 N–H and O–H groups in total. The number of carbonyl (C=O) groups excluding carboxylic acids is 4. The van der Waals surface area contributed by atoms with Crippen molar-refractivity contribution < 1.29 is 47.6 Å². The third-order valence-electron chi connectivity index (χ3n) is 9.95. The van der Waals surface area contributed by atoms with Crippen LogP contribution in [0.2, 0.25) is 0 Å². The number of rotatable bonds is 12. The highest BCUT2D eigenvalue weighted by atomic mass is 16.7. The van der Waals surface area contributed by atoms with Gasteiger partial charge in [0.2, 0.25) is 0 Å². The molecule has 2 aromatic carbocycles. The van der Waals surface area contributed by atoms with Gasteiger partial charge in [-0.15, -0.1) is 0 Å². The summed E-state index contributed by atoms with van der Waals surface area (Å²) in [6, 6.07) is 15.8. The molecule has 0 aromatic heterocycles. The van der Waals surface area contributed by atoms with Crippen molar-refractivity contribution in [1.82, 2.24) is 0 Å². The molecular formula is C38H48O10. The Hall–Kier alpha value is -3.92. The topological polar surface area (TPSA) is 124 Å². The Morgan fingerprint density at radius 1 is 0.812 bits per heavy atom. The Morgan fingerprint density at radius 2 is 1.46 bits per heavy atom. The molecule has 2 saturated carbocycles. The Kier molecular flexibility index (Phi) is 11.5. The second kappa shape index (κ2) is 15.5. The molecule has 2 aromatic rings. The SMILES string of the molecule is CCCC1CCC2(CC1)CC2c1cc([C@@H]2OC(COC(C)=O)[C@@H](OC(C)=O)[C@H](OC(C)=O)[C@H]2OC(C)=O)ccc1OCc1ccccc1. The standard InChI is InChI=1S/C38H48O10/c1-6-10-27-15-17-38(18-16-27)20-31(38)30-19-29(13-14-32(30)44-21-28-11-8-7-9-12-28)34-36(46-25(4)41)37(47-26(5)42)35(45-24(3)40)33(48-34)22-43-23(2)39/h7-9,11-14,19,27,31,33-37H,6,10,15-18,20-22H2,1-5H3/t27?,31?,33?,34-,35+,36-,37-,38?/m0/s1. The van der Waals surface area contributed by atoms with Gasteiger partial charge in [0.15, 0.2) is 18.3 Å². The van der Waals surface area contributed by atoms with Crippen molar-refractivity contribution >= 4 is 23.9 Å². The normalized spacial score (nSPS) is 29.4. The van der Waals surface area contributed by atoms with Gasteiger partial charge >= 0.3 is 23.9 Å². The summed E-state index contributed by atoms with van der Waals surface area (Å²) in [5, 5.41) is 0. The van der Waals surface area contributed by atoms with Crippen molar-refractivity contribution in [1.29, 1.82) is 0 Å². The maximum atomic E-state index is 12.5. The summed E-state index contributed by atoms with van der Waals surface area (Å²) in [6.45, 7) is 7.33. The van der Waals surface area contributed by atoms with E-state index in [0.29, 0.717) is 12.2 Å². The first kappa shape index (κ1) is 35.4. The largest absolute Gasteiger partial charge is 0.489 e. The van der Waals surface area contributed by atoms with E-state index < -0.39 is 54.4 Å². The summed E-state index contributed by atoms with van der Waals surface area (Å²) in [5.41, 5.74) is 3.01. The van der Waals surface area contributed by atoms with Gasteiger partial charge in [0, 0.05) is 27.7 Å². The van der Waals surface area contributed by atoms with Gasteiger partial charge in [-0.2, -0.15) is 0 Å². The highest BCUT2D eigenvalue weighted by molar-refractivity contribution is 5.69. The van der Waals surface area contributed by atoms with Gasteiger partial charge in [-0.1, -0.05) is 56.2 Å². The molecule has 0 bridgehead atoms. The quantitative estimate of drug-likeness (QED) is 0.183. The summed E-state index contributed by atoms with van der Waals surface area (Å²) in [6.07, 6.45) is 2.78. The lowest BCUT2D eigenvalue weighted by molar-refractivity contribution is -0.254. The van der Waals surface area contributed by atoms with Crippen molar-refractivity contribution in [2.24, 2.45) is 11.3 Å². The van der Waals surface area contributed by atoms with E-state index in [4.69, 9.17) is 28.4 Å². The van der Waals surface area contributed by atoms with Crippen LogP contribution in [0.25, 0.3) is 0 Å². The molecule has 2 aliphatic carbocycles. The monoisotopic (exact) mass is 664 g/mol. The summed E-state index contributed by atoms with van der Waals surface area (Å²) in [4.78, 5) is 48.8. The molecular weight excluding hydrogens is 616 g/mol. The van der Waals surface area contributed by atoms with Crippen molar-refractivity contribution in [3.63, 3.8) is 0 Å². The minimum Gasteiger partial charge on any atom is -0.489 e. The molecule has 2 unspecified atom stereocenters. The van der Waals surface area contributed by atoms with E-state index in [-0.39, 0.29) is 17.9 Å². The fourth-order valence-electron chi connectivity index (χ4n) is 7.67. The molecule has 1 spiro atoms. The van der Waals surface area contributed by atoms with E-state index in [1.165, 1.54) is 66.2 Å². The van der Waals surface area contributed by atoms with E-state index >= 15 is 0 Å². The van der Waals surface area contributed by atoms with Crippen molar-refractivity contribution in [2.45, 2.75) is 123 Å². The lowest BCUT2D eigenvalue weighted by atomic mass is 9.76. The lowest BCUT2D eigenvalue weighted by Gasteiger charge is -2.44. The van der Waals surface area contributed by atoms with Crippen LogP contribution in [0, 0.1) is 11.3 Å². The molecule has 0 amide bonds. The van der Waals surface area contributed by atoms with E-state index in [1.807, 2.05) is 42.5 Å². The minimum absolute atomic E-state index is 0.217. The van der Waals surface area contributed by atoms with Crippen molar-refractivity contribution in [3.8, 4) is 5.75 Å². The molecule has 1 saturated heterocycles. The third kappa shape index (κ3) is 8.56. The highest BCUT2D eigenvalue weighted by Crippen LogP contribution is 2.68. The average Bonchev–Trinajstić information content (AvgIpc) is 3.74. The van der Waals surface area contributed by atoms with Gasteiger partial charge in [-0.05, 0) is 78.2 Å². The minimum atomic E-state index is -1.23. The molecule has 10 nitrogen and oxygen atoms in total. The van der Waals surface area contributed by atoms with Crippen LogP contribution >= 0.6 is 0 Å². The van der Waals surface area contributed by atoms with E-state index in [2.05, 4.69) is 13.0 Å². The first-order valence-electron chi connectivity index (χ1n) is 17.1. The molecule has 10 heteroatoms. The predicted octanol–water partition coefficient (Wildman–Crippen LogP) is 6.53. The second-order valence-electron chi connectivity index (χ2n) is 13.5. The summed E-state index contributed by atoms with van der Waals surface area (Å²) in [5.74, 6) is -0.660. The van der Waals surface area contributed by atoms with Gasteiger partial charge in [0.05, 0.1) is 0 Å². The molecule has 48 heavy (non-hydrogen) atoms. The molecule has 0 radical (unpaired) electrons. The van der Waals surface area contributed by atoms with E-state index in [9.17, 15) is 19.2 Å². The first-order chi connectivity index (χ1) is 23.0. The van der Waals surface area contributed by atoms with Crippen molar-refractivity contribution in [2.75, 3.05) is 6.61 Å². The predicted molar refractivity (Wildman–Crippen MR) is 175 cm³/mol. The number of hydrogen-bond donors (Lipinski definition) is 0. The van der Waals surface area contributed by atoms with Crippen molar-refractivity contribution in [3.05, 3.63) is 65.2 Å². The van der Waals surface area contributed by atoms with Gasteiger partial charge in [-0.3, -0.25) is 19.2 Å². The number of ether oxygens (including phenoxy) is 6. The van der Waals surface area contributed by atoms with E-state index in [1.54, 1.807) is 0 Å². The zero-order valence-corrected chi connectivity index (χ0v) is 28.6. The van der Waals surface area contributed by atoms with Crippen LogP contribution in [0.1, 0.15) is 108 Å². The molecule has 260 valence electrons. The van der Waals surface area contributed by atoms with Gasteiger partial charge in [0.25, 0.3) is 0 Å². The highest BCUT2D eigenvalue weighted by Gasteiger charge is 2.57. The van der Waals surface area contributed by atoms with Crippen LogP contribution in [0.4, 0.5) is 0 Å². The molecule has 3 aliphatic rings. The van der Waals surface area contributed by atoms with Crippen LogP contribution in [-0.2, 0) is 49.5 Å². The Bertz CT molecular complexity index is 1450. The van der Waals surface area contributed by atoms with Crippen LogP contribution < -0.4 is 4.74 Å². The van der Waals surface area contributed by atoms with Gasteiger partial charge in [0.1, 0.15) is 31.2 Å². The number of carbonyl (C=O) groups is 4. The molecule has 5 rings (SSSR count). The second-order valence-corrected chi connectivity index (χ2v) is 13.5. The summed E-state index contributed by atoms with van der Waals surface area (Å²) < 4.78 is 35.3. The molecule has 1 heterocycles. The van der Waals surface area contributed by atoms with Crippen LogP contribution in [0.15, 0.2) is 48.5 Å². The smallest absolute Gasteiger partial charge is 0.303 e. The van der Waals surface area contributed by atoms with Crippen LogP contribution in [0.3, 0.4) is 0 Å². The number of benzene rings is 2. The average molecular weight is 665 g/mol. The molecule has 3 fully saturated rings. The van der Waals surface area contributed by atoms with Gasteiger partial charge in [-0.25, -0.2) is 0 Å². The van der Waals surface area contributed by atoms with Crippen LogP contribution in [0.5, 0.6) is 5.75 Å². The Morgan fingerprint density at radius 3 is 2.08 bits per heavy atom. The summed E-state index contributed by atoms with van der Waals surface area (Å²) in [7, 11) is 0. The Labute approximate surface area is 282 Å². The zero-order valence-electron chi connectivity index (χ0n) is 28.6. The lowest BCUT2D eigenvalue weighted by Crippen LogP contribution is -2.59. The third-order valence-corrected chi connectivity index (χ3v) is 9.95. The van der Waals surface area contributed by atoms with Gasteiger partial charge < -0.3 is 28.4 Å². The van der Waals surface area contributed by atoms with Crippen LogP contribution in [-0.4, -0.2) is 54.9 Å². The number of hydrogen-bond acceptors (Lipinski definition) is 10. The first-order valence-corrected chi connectivity index (χ1v) is 17.1. The fraction of sp³-hybridized carbons (Fsp3) is 0.579. The Balaban J connectivity index is 1.52. The fourth-order valence-corrected chi connectivity index (χ4v) is 7.67. The molecule has 6 atom stereocenters. The number of esters is 4.